The molecule has 0 aliphatic heterocycles. The average Bonchev–Trinajstić information content (AvgIpc) is 2.94. The predicted octanol–water partition coefficient (Wildman–Crippen LogP) is 5.41. The molecular weight excluding hydrogens is 411 g/mol. The fourth-order valence-corrected chi connectivity index (χ4v) is 4.03. The Morgan fingerprint density at radius 3 is 2.79 bits per heavy atom. The molecule has 2 nitrogen and oxygen atoms in total. The summed E-state index contributed by atoms with van der Waals surface area (Å²) in [7, 11) is 0. The minimum Gasteiger partial charge on any atom is -0.322 e. The highest BCUT2D eigenvalue weighted by Gasteiger charge is 2.12. The van der Waals surface area contributed by atoms with Gasteiger partial charge in [0.25, 0.3) is 0 Å². The lowest BCUT2D eigenvalue weighted by molar-refractivity contribution is 0.787. The molecule has 0 bridgehead atoms. The number of rotatable bonds is 3. The summed E-state index contributed by atoms with van der Waals surface area (Å²) < 4.78 is 4.34. The second kappa shape index (κ2) is 5.56. The van der Waals surface area contributed by atoms with Crippen LogP contribution in [0.3, 0.4) is 0 Å². The maximum atomic E-state index is 6.02. The Bertz CT molecular complexity index is 735. The molecule has 98 valence electrons. The van der Waals surface area contributed by atoms with E-state index in [1.807, 2.05) is 12.1 Å². The van der Waals surface area contributed by atoms with Gasteiger partial charge in [-0.3, -0.25) is 0 Å². The maximum Gasteiger partial charge on any atom is 0.125 e. The quantitative estimate of drug-likeness (QED) is 0.518. The van der Waals surface area contributed by atoms with E-state index in [9.17, 15) is 0 Å². The Hall–Kier alpha value is -0.360. The molecule has 0 N–H and O–H groups in total. The van der Waals surface area contributed by atoms with Crippen LogP contribution in [-0.2, 0) is 12.4 Å². The van der Waals surface area contributed by atoms with Crippen molar-refractivity contribution in [1.29, 1.82) is 0 Å². The first-order chi connectivity index (χ1) is 9.19. The van der Waals surface area contributed by atoms with Gasteiger partial charge in [0, 0.05) is 13.8 Å². The molecule has 19 heavy (non-hydrogen) atoms. The largest absolute Gasteiger partial charge is 0.322 e. The van der Waals surface area contributed by atoms with Gasteiger partial charge < -0.3 is 4.57 Å². The van der Waals surface area contributed by atoms with Crippen molar-refractivity contribution in [3.05, 3.63) is 49.3 Å². The summed E-state index contributed by atoms with van der Waals surface area (Å²) in [6.45, 7) is 0.790. The average molecular weight is 421 g/mol. The van der Waals surface area contributed by atoms with Crippen LogP contribution in [-0.4, -0.2) is 9.55 Å². The summed E-state index contributed by atoms with van der Waals surface area (Å²) in [5.74, 6) is 1.31. The van der Waals surface area contributed by atoms with Crippen molar-refractivity contribution in [2.75, 3.05) is 0 Å². The third-order valence-electron chi connectivity index (χ3n) is 2.90. The molecule has 0 amide bonds. The number of alkyl halides is 1. The van der Waals surface area contributed by atoms with Crippen LogP contribution in [0.5, 0.6) is 0 Å². The second-order valence-corrected chi connectivity index (χ2v) is 7.11. The van der Waals surface area contributed by atoms with Gasteiger partial charge in [0.15, 0.2) is 0 Å². The summed E-state index contributed by atoms with van der Waals surface area (Å²) in [6, 6.07) is 8.19. The zero-order valence-corrected chi connectivity index (χ0v) is 14.5. The van der Waals surface area contributed by atoms with E-state index in [-0.39, 0.29) is 0 Å². The normalized spacial score (nSPS) is 11.3. The number of nitrogens with zero attached hydrogens (tertiary/aromatic N) is 2. The van der Waals surface area contributed by atoms with Crippen molar-refractivity contribution >= 4 is 65.8 Å². The van der Waals surface area contributed by atoms with Gasteiger partial charge in [-0.25, -0.2) is 4.98 Å². The third-order valence-corrected chi connectivity index (χ3v) is 5.55. The molecule has 0 saturated carbocycles. The third kappa shape index (κ3) is 2.61. The topological polar surface area (TPSA) is 17.8 Å². The van der Waals surface area contributed by atoms with Crippen LogP contribution < -0.4 is 0 Å². The van der Waals surface area contributed by atoms with Gasteiger partial charge >= 0.3 is 0 Å². The molecule has 3 rings (SSSR count). The molecule has 0 aliphatic rings. The standard InChI is InChI=1S/C13H9Br2ClN2S/c14-8-1-2-11-10(5-8)17-13(6-16)18(11)7-12-9(15)3-4-19-12/h1-5H,6-7H2. The lowest BCUT2D eigenvalue weighted by Crippen LogP contribution is -2.02. The first-order valence-corrected chi connectivity index (χ1v) is 8.61. The molecule has 0 aliphatic carbocycles. The van der Waals surface area contributed by atoms with Crippen LogP contribution in [0.15, 0.2) is 38.6 Å². The molecule has 2 aromatic heterocycles. The van der Waals surface area contributed by atoms with Gasteiger partial charge in [-0.1, -0.05) is 15.9 Å². The van der Waals surface area contributed by atoms with Crippen LogP contribution in [0.4, 0.5) is 0 Å². The van der Waals surface area contributed by atoms with Crippen molar-refractivity contribution in [1.82, 2.24) is 9.55 Å². The summed E-state index contributed by atoms with van der Waals surface area (Å²) in [6.07, 6.45) is 0. The van der Waals surface area contributed by atoms with E-state index in [0.717, 1.165) is 32.3 Å². The van der Waals surface area contributed by atoms with Crippen molar-refractivity contribution in [3.63, 3.8) is 0 Å². The summed E-state index contributed by atoms with van der Waals surface area (Å²) in [5.41, 5.74) is 2.08. The number of halogens is 3. The summed E-state index contributed by atoms with van der Waals surface area (Å²) in [4.78, 5) is 5.86. The summed E-state index contributed by atoms with van der Waals surface area (Å²) >= 11 is 14.8. The Kier molecular flexibility index (Phi) is 3.98. The first-order valence-electron chi connectivity index (χ1n) is 5.61. The highest BCUT2D eigenvalue weighted by atomic mass is 79.9. The highest BCUT2D eigenvalue weighted by Crippen LogP contribution is 2.27. The van der Waals surface area contributed by atoms with Crippen molar-refractivity contribution < 1.29 is 0 Å². The minimum absolute atomic E-state index is 0.412. The number of aromatic nitrogens is 2. The predicted molar refractivity (Wildman–Crippen MR) is 88.1 cm³/mol. The van der Waals surface area contributed by atoms with Gasteiger partial charge in [0.1, 0.15) is 5.82 Å². The number of benzene rings is 1. The van der Waals surface area contributed by atoms with Crippen LogP contribution in [0.25, 0.3) is 11.0 Å². The van der Waals surface area contributed by atoms with E-state index in [0.29, 0.717) is 5.88 Å². The van der Waals surface area contributed by atoms with Crippen LogP contribution in [0.1, 0.15) is 10.7 Å². The maximum absolute atomic E-state index is 6.02. The van der Waals surface area contributed by atoms with Crippen molar-refractivity contribution in [2.45, 2.75) is 12.4 Å². The number of thiophene rings is 1. The Morgan fingerprint density at radius 2 is 2.11 bits per heavy atom. The second-order valence-electron chi connectivity index (χ2n) is 4.07. The van der Waals surface area contributed by atoms with Gasteiger partial charge in [-0.2, -0.15) is 0 Å². The van der Waals surface area contributed by atoms with Crippen LogP contribution >= 0.6 is 54.8 Å². The molecular formula is C13H9Br2ClN2S. The highest BCUT2D eigenvalue weighted by molar-refractivity contribution is 9.10. The number of hydrogen-bond donors (Lipinski definition) is 0. The fraction of sp³-hybridized carbons (Fsp3) is 0.154. The summed E-state index contributed by atoms with van der Waals surface area (Å²) in [5, 5.41) is 2.08. The monoisotopic (exact) mass is 418 g/mol. The smallest absolute Gasteiger partial charge is 0.125 e. The lowest BCUT2D eigenvalue weighted by Gasteiger charge is -2.06. The number of hydrogen-bond acceptors (Lipinski definition) is 2. The van der Waals surface area contributed by atoms with Gasteiger partial charge in [-0.05, 0) is 45.6 Å². The van der Waals surface area contributed by atoms with E-state index >= 15 is 0 Å². The molecule has 2 heterocycles. The molecule has 0 fully saturated rings. The van der Waals surface area contributed by atoms with Crippen molar-refractivity contribution in [3.8, 4) is 0 Å². The molecule has 6 heteroatoms. The fourth-order valence-electron chi connectivity index (χ4n) is 2.01. The van der Waals surface area contributed by atoms with Gasteiger partial charge in [0.05, 0.1) is 23.5 Å². The molecule has 3 aromatic rings. The minimum atomic E-state index is 0.412. The molecule has 0 radical (unpaired) electrons. The molecule has 0 atom stereocenters. The Balaban J connectivity index is 2.13. The SMILES string of the molecule is ClCc1nc2cc(Br)ccc2n1Cc1sccc1Br. The van der Waals surface area contributed by atoms with E-state index < -0.39 is 0 Å². The molecule has 0 saturated heterocycles. The number of imidazole rings is 1. The van der Waals surface area contributed by atoms with E-state index in [4.69, 9.17) is 11.6 Å². The van der Waals surface area contributed by atoms with E-state index in [1.54, 1.807) is 11.3 Å². The van der Waals surface area contributed by atoms with E-state index in [1.165, 1.54) is 4.88 Å². The van der Waals surface area contributed by atoms with Gasteiger partial charge in [-0.15, -0.1) is 22.9 Å². The lowest BCUT2D eigenvalue weighted by atomic mass is 10.3. The Morgan fingerprint density at radius 1 is 1.26 bits per heavy atom. The van der Waals surface area contributed by atoms with Crippen LogP contribution in [0, 0.1) is 0 Å². The van der Waals surface area contributed by atoms with E-state index in [2.05, 4.69) is 58.9 Å². The van der Waals surface area contributed by atoms with Crippen LogP contribution in [0.2, 0.25) is 0 Å². The Labute approximate surface area is 136 Å². The zero-order valence-electron chi connectivity index (χ0n) is 9.74. The van der Waals surface area contributed by atoms with Gasteiger partial charge in [0.2, 0.25) is 0 Å². The van der Waals surface area contributed by atoms with Crippen molar-refractivity contribution in [2.24, 2.45) is 0 Å². The first kappa shape index (κ1) is 13.6. The zero-order chi connectivity index (χ0) is 13.4. The molecule has 1 aromatic carbocycles. The number of fused-ring (bicyclic) bond motifs is 1. The molecule has 0 unspecified atom stereocenters. The molecule has 0 spiro atoms.